The first kappa shape index (κ1) is 18.8. The van der Waals surface area contributed by atoms with Crippen LogP contribution in [0.3, 0.4) is 0 Å². The molecule has 0 spiro atoms. The molecule has 0 aliphatic heterocycles. The molecule has 0 fully saturated rings. The van der Waals surface area contributed by atoms with E-state index in [4.69, 9.17) is 11.6 Å². The lowest BCUT2D eigenvalue weighted by atomic mass is 10.2. The molecule has 8 nitrogen and oxygen atoms in total. The van der Waals surface area contributed by atoms with Crippen molar-refractivity contribution in [3.05, 3.63) is 86.0 Å². The van der Waals surface area contributed by atoms with Crippen LogP contribution in [0.4, 0.5) is 5.13 Å². The topological polar surface area (TPSA) is 113 Å². The Morgan fingerprint density at radius 3 is 2.52 bits per heavy atom. The Morgan fingerprint density at radius 1 is 1.07 bits per heavy atom. The molecule has 2 aromatic carbocycles. The first-order chi connectivity index (χ1) is 14.0. The summed E-state index contributed by atoms with van der Waals surface area (Å²) in [6.45, 7) is 0. The van der Waals surface area contributed by atoms with Crippen molar-refractivity contribution in [2.24, 2.45) is 4.99 Å². The molecule has 0 radical (unpaired) electrons. The Morgan fingerprint density at radius 2 is 1.79 bits per heavy atom. The molecule has 0 bridgehead atoms. The van der Waals surface area contributed by atoms with Crippen LogP contribution in [0.1, 0.15) is 5.56 Å². The van der Waals surface area contributed by atoms with E-state index in [1.165, 1.54) is 11.3 Å². The van der Waals surface area contributed by atoms with Gasteiger partial charge >= 0.3 is 5.69 Å². The van der Waals surface area contributed by atoms with Crippen molar-refractivity contribution in [3.63, 3.8) is 0 Å². The second-order valence-electron chi connectivity index (χ2n) is 5.82. The molecule has 0 unspecified atom stereocenters. The molecule has 0 amide bonds. The highest BCUT2D eigenvalue weighted by Gasteiger charge is 2.14. The summed E-state index contributed by atoms with van der Waals surface area (Å²) in [4.78, 5) is 30.6. The maximum Gasteiger partial charge on any atom is 0.335 e. The monoisotopic (exact) mass is 425 g/mol. The minimum Gasteiger partial charge on any atom is -0.493 e. The van der Waals surface area contributed by atoms with Crippen molar-refractivity contribution in [2.45, 2.75) is 0 Å². The lowest BCUT2D eigenvalue weighted by Crippen LogP contribution is -2.31. The number of aromatic hydroxyl groups is 1. The number of rotatable bonds is 4. The van der Waals surface area contributed by atoms with E-state index in [0.29, 0.717) is 20.8 Å². The summed E-state index contributed by atoms with van der Waals surface area (Å²) in [7, 11) is 0. The smallest absolute Gasteiger partial charge is 0.335 e. The van der Waals surface area contributed by atoms with E-state index in [1.54, 1.807) is 24.3 Å². The Labute approximate surface area is 172 Å². The average Bonchev–Trinajstić information content (AvgIpc) is 3.19. The third-order valence-corrected chi connectivity index (χ3v) is 5.08. The number of aromatic nitrogens is 4. The van der Waals surface area contributed by atoms with E-state index >= 15 is 0 Å². The van der Waals surface area contributed by atoms with E-state index in [1.807, 2.05) is 30.3 Å². The van der Waals surface area contributed by atoms with E-state index in [0.717, 1.165) is 16.3 Å². The van der Waals surface area contributed by atoms with Crippen molar-refractivity contribution in [1.29, 1.82) is 0 Å². The largest absolute Gasteiger partial charge is 0.493 e. The summed E-state index contributed by atoms with van der Waals surface area (Å²) in [6.07, 6.45) is 1.15. The van der Waals surface area contributed by atoms with Crippen LogP contribution in [0.25, 0.3) is 16.3 Å². The van der Waals surface area contributed by atoms with Crippen LogP contribution < -0.4 is 11.2 Å². The number of benzene rings is 2. The van der Waals surface area contributed by atoms with Crippen molar-refractivity contribution in [1.82, 2.24) is 19.7 Å². The van der Waals surface area contributed by atoms with Crippen LogP contribution in [-0.4, -0.2) is 31.1 Å². The molecule has 0 atom stereocenters. The minimum absolute atomic E-state index is 0.184. The summed E-state index contributed by atoms with van der Waals surface area (Å²) < 4.78 is 0.953. The van der Waals surface area contributed by atoms with Gasteiger partial charge < -0.3 is 5.11 Å². The fourth-order valence-corrected chi connectivity index (χ4v) is 3.39. The van der Waals surface area contributed by atoms with Gasteiger partial charge in [-0.15, -0.1) is 10.2 Å². The van der Waals surface area contributed by atoms with Crippen LogP contribution in [0.5, 0.6) is 5.88 Å². The molecular weight excluding hydrogens is 414 g/mol. The normalized spacial score (nSPS) is 11.2. The molecule has 0 aliphatic rings. The van der Waals surface area contributed by atoms with Gasteiger partial charge in [-0.05, 0) is 24.3 Å². The fourth-order valence-electron chi connectivity index (χ4n) is 2.57. The maximum absolute atomic E-state index is 12.2. The van der Waals surface area contributed by atoms with Gasteiger partial charge in [0.25, 0.3) is 5.56 Å². The minimum atomic E-state index is -0.783. The first-order valence-electron chi connectivity index (χ1n) is 8.30. The Balaban J connectivity index is 1.72. The second-order valence-corrected chi connectivity index (χ2v) is 7.21. The van der Waals surface area contributed by atoms with Crippen molar-refractivity contribution in [2.75, 3.05) is 0 Å². The van der Waals surface area contributed by atoms with Gasteiger partial charge in [-0.25, -0.2) is 14.4 Å². The lowest BCUT2D eigenvalue weighted by Gasteiger charge is -2.09. The van der Waals surface area contributed by atoms with Gasteiger partial charge in [-0.2, -0.15) is 0 Å². The van der Waals surface area contributed by atoms with E-state index in [9.17, 15) is 14.7 Å². The number of aliphatic imine (C=N–C) groups is 1. The number of aromatic amines is 1. The van der Waals surface area contributed by atoms with Crippen molar-refractivity contribution >= 4 is 34.3 Å². The summed E-state index contributed by atoms with van der Waals surface area (Å²) in [6, 6.07) is 15.7. The molecule has 4 aromatic rings. The molecule has 144 valence electrons. The van der Waals surface area contributed by atoms with Crippen molar-refractivity contribution in [3.8, 4) is 22.1 Å². The highest BCUT2D eigenvalue weighted by molar-refractivity contribution is 7.18. The number of nitrogens with zero attached hydrogens (tertiary/aromatic N) is 4. The SMILES string of the molecule is O=c1[nH]c(=O)n(-c2ccc(Cl)cc2)c(O)c1C=Nc1nnc(-c2ccccc2)s1. The molecule has 2 heterocycles. The molecular formula is C19H12ClN5O3S. The maximum atomic E-state index is 12.2. The fraction of sp³-hybridized carbons (Fsp3) is 0. The standard InChI is InChI=1S/C19H12ClN5O3S/c20-12-6-8-13(9-7-12)25-17(27)14(15(26)22-19(25)28)10-21-18-24-23-16(29-18)11-4-2-1-3-5-11/h1-10,27H,(H,22,26,28). The predicted octanol–water partition coefficient (Wildman–Crippen LogP) is 3.15. The van der Waals surface area contributed by atoms with Crippen LogP contribution in [0, 0.1) is 0 Å². The zero-order chi connectivity index (χ0) is 20.4. The number of H-pyrrole nitrogens is 1. The van der Waals surface area contributed by atoms with Gasteiger partial charge in [0.2, 0.25) is 11.0 Å². The van der Waals surface area contributed by atoms with Crippen LogP contribution >= 0.6 is 22.9 Å². The van der Waals surface area contributed by atoms with Crippen LogP contribution in [0.15, 0.2) is 69.2 Å². The van der Waals surface area contributed by atoms with Crippen molar-refractivity contribution < 1.29 is 5.11 Å². The van der Waals surface area contributed by atoms with Gasteiger partial charge in [0.05, 0.1) is 5.69 Å². The molecule has 4 rings (SSSR count). The summed E-state index contributed by atoms with van der Waals surface area (Å²) >= 11 is 7.08. The second kappa shape index (κ2) is 7.82. The van der Waals surface area contributed by atoms with E-state index < -0.39 is 17.1 Å². The Kier molecular flexibility index (Phi) is 5.07. The van der Waals surface area contributed by atoms with E-state index in [2.05, 4.69) is 20.2 Å². The molecule has 0 saturated heterocycles. The molecule has 0 aliphatic carbocycles. The number of hydrogen-bond donors (Lipinski definition) is 2. The van der Waals surface area contributed by atoms with Gasteiger partial charge in [0.1, 0.15) is 10.6 Å². The molecule has 29 heavy (non-hydrogen) atoms. The average molecular weight is 426 g/mol. The highest BCUT2D eigenvalue weighted by atomic mass is 35.5. The summed E-state index contributed by atoms with van der Waals surface area (Å²) in [5.74, 6) is -0.544. The van der Waals surface area contributed by atoms with Gasteiger partial charge in [-0.1, -0.05) is 53.3 Å². The Hall–Kier alpha value is -3.56. The summed E-state index contributed by atoms with van der Waals surface area (Å²) in [5, 5.41) is 20.0. The number of halogens is 1. The zero-order valence-electron chi connectivity index (χ0n) is 14.6. The molecule has 0 saturated carbocycles. The van der Waals surface area contributed by atoms with Crippen LogP contribution in [-0.2, 0) is 0 Å². The van der Waals surface area contributed by atoms with Gasteiger partial charge in [-0.3, -0.25) is 9.78 Å². The number of nitrogens with one attached hydrogen (secondary N) is 1. The van der Waals surface area contributed by atoms with Gasteiger partial charge in [0.15, 0.2) is 0 Å². The lowest BCUT2D eigenvalue weighted by molar-refractivity contribution is 0.430. The number of hydrogen-bond acceptors (Lipinski definition) is 7. The zero-order valence-corrected chi connectivity index (χ0v) is 16.2. The summed E-state index contributed by atoms with van der Waals surface area (Å²) in [5.41, 5.74) is -0.506. The molecule has 2 aromatic heterocycles. The molecule has 2 N–H and O–H groups in total. The Bertz CT molecular complexity index is 1310. The molecule has 10 heteroatoms. The van der Waals surface area contributed by atoms with E-state index in [-0.39, 0.29) is 5.56 Å². The quantitative estimate of drug-likeness (QED) is 0.487. The first-order valence-corrected chi connectivity index (χ1v) is 9.49. The predicted molar refractivity (Wildman–Crippen MR) is 112 cm³/mol. The third kappa shape index (κ3) is 3.86. The van der Waals surface area contributed by atoms with Crippen LogP contribution in [0.2, 0.25) is 5.02 Å². The third-order valence-electron chi connectivity index (χ3n) is 3.94. The highest BCUT2D eigenvalue weighted by Crippen LogP contribution is 2.27. The van der Waals surface area contributed by atoms with Gasteiger partial charge in [0, 0.05) is 16.8 Å².